The van der Waals surface area contributed by atoms with Crippen LogP contribution in [0.15, 0.2) is 18.2 Å². The van der Waals surface area contributed by atoms with E-state index < -0.39 is 0 Å². The van der Waals surface area contributed by atoms with Crippen molar-refractivity contribution in [2.45, 2.75) is 12.8 Å². The zero-order chi connectivity index (χ0) is 7.52. The number of aryl methyl sites for hydroxylation is 1. The Kier molecular flexibility index (Phi) is 1.78. The standard InChI is InChI=1S/C9H9O2/c1-2-6-9-8(4-1)5-3-7-10-11-9/h1-2,4H,3,5,7H2. The van der Waals surface area contributed by atoms with Crippen LogP contribution in [0.5, 0.6) is 5.75 Å². The SMILES string of the molecule is [c]1cccc2c1OOCCC2. The molecule has 2 rings (SSSR count). The summed E-state index contributed by atoms with van der Waals surface area (Å²) in [6.45, 7) is 0.669. The van der Waals surface area contributed by atoms with Crippen molar-refractivity contribution in [3.63, 3.8) is 0 Å². The lowest BCUT2D eigenvalue weighted by atomic mass is 10.1. The van der Waals surface area contributed by atoms with E-state index in [9.17, 15) is 0 Å². The second-order valence-electron chi connectivity index (χ2n) is 2.53. The molecule has 1 aliphatic rings. The number of hydrogen-bond acceptors (Lipinski definition) is 2. The molecule has 1 aromatic carbocycles. The van der Waals surface area contributed by atoms with Crippen LogP contribution in [-0.4, -0.2) is 6.61 Å². The van der Waals surface area contributed by atoms with Crippen molar-refractivity contribution in [3.8, 4) is 5.75 Å². The maximum absolute atomic E-state index is 4.99. The average molecular weight is 149 g/mol. The molecular weight excluding hydrogens is 140 g/mol. The van der Waals surface area contributed by atoms with Gasteiger partial charge in [0.25, 0.3) is 0 Å². The van der Waals surface area contributed by atoms with Crippen molar-refractivity contribution in [3.05, 3.63) is 29.8 Å². The summed E-state index contributed by atoms with van der Waals surface area (Å²) in [7, 11) is 0. The molecule has 0 atom stereocenters. The van der Waals surface area contributed by atoms with E-state index in [2.05, 4.69) is 6.07 Å². The van der Waals surface area contributed by atoms with Gasteiger partial charge < -0.3 is 4.89 Å². The minimum Gasteiger partial charge on any atom is -0.337 e. The first-order valence-corrected chi connectivity index (χ1v) is 3.76. The number of fused-ring (bicyclic) bond motifs is 1. The van der Waals surface area contributed by atoms with E-state index >= 15 is 0 Å². The van der Waals surface area contributed by atoms with E-state index in [1.807, 2.05) is 18.2 Å². The Morgan fingerprint density at radius 3 is 3.45 bits per heavy atom. The normalized spacial score (nSPS) is 16.4. The second-order valence-corrected chi connectivity index (χ2v) is 2.53. The van der Waals surface area contributed by atoms with Gasteiger partial charge in [0.05, 0.1) is 6.61 Å². The smallest absolute Gasteiger partial charge is 0.176 e. The van der Waals surface area contributed by atoms with Gasteiger partial charge in [0.2, 0.25) is 0 Å². The number of hydrogen-bond donors (Lipinski definition) is 0. The fourth-order valence-corrected chi connectivity index (χ4v) is 1.15. The summed E-state index contributed by atoms with van der Waals surface area (Å²) >= 11 is 0. The highest BCUT2D eigenvalue weighted by Crippen LogP contribution is 2.21. The summed E-state index contributed by atoms with van der Waals surface area (Å²) in [6, 6.07) is 8.82. The summed E-state index contributed by atoms with van der Waals surface area (Å²) in [5.74, 6) is 0.741. The first-order valence-electron chi connectivity index (χ1n) is 3.76. The minimum absolute atomic E-state index is 0.669. The molecule has 11 heavy (non-hydrogen) atoms. The molecule has 0 saturated carbocycles. The van der Waals surface area contributed by atoms with Crippen LogP contribution in [-0.2, 0) is 11.3 Å². The van der Waals surface area contributed by atoms with Crippen LogP contribution in [0.1, 0.15) is 12.0 Å². The van der Waals surface area contributed by atoms with Crippen molar-refractivity contribution >= 4 is 0 Å². The first-order chi connectivity index (χ1) is 5.47. The molecule has 2 heteroatoms. The quantitative estimate of drug-likeness (QED) is 0.523. The molecule has 0 N–H and O–H groups in total. The third kappa shape index (κ3) is 1.35. The highest BCUT2D eigenvalue weighted by atomic mass is 17.2. The van der Waals surface area contributed by atoms with Crippen LogP contribution in [0.2, 0.25) is 0 Å². The number of benzene rings is 1. The fraction of sp³-hybridized carbons (Fsp3) is 0.333. The molecule has 0 spiro atoms. The van der Waals surface area contributed by atoms with Crippen molar-refractivity contribution in [2.24, 2.45) is 0 Å². The highest BCUT2D eigenvalue weighted by Gasteiger charge is 2.07. The van der Waals surface area contributed by atoms with Crippen molar-refractivity contribution in [2.75, 3.05) is 6.61 Å². The predicted molar refractivity (Wildman–Crippen MR) is 40.2 cm³/mol. The topological polar surface area (TPSA) is 18.5 Å². The lowest BCUT2D eigenvalue weighted by Crippen LogP contribution is -1.95. The van der Waals surface area contributed by atoms with Crippen LogP contribution < -0.4 is 4.89 Å². The van der Waals surface area contributed by atoms with Crippen molar-refractivity contribution < 1.29 is 9.78 Å². The van der Waals surface area contributed by atoms with E-state index in [1.54, 1.807) is 0 Å². The van der Waals surface area contributed by atoms with E-state index in [-0.39, 0.29) is 0 Å². The van der Waals surface area contributed by atoms with Gasteiger partial charge in [-0.25, -0.2) is 0 Å². The molecule has 0 aromatic heterocycles. The van der Waals surface area contributed by atoms with Gasteiger partial charge in [-0.05, 0) is 18.4 Å². The van der Waals surface area contributed by atoms with Crippen LogP contribution >= 0.6 is 0 Å². The molecule has 1 aliphatic heterocycles. The molecule has 0 unspecified atom stereocenters. The third-order valence-corrected chi connectivity index (χ3v) is 1.72. The van der Waals surface area contributed by atoms with Crippen LogP contribution in [0.25, 0.3) is 0 Å². The molecule has 0 fully saturated rings. The van der Waals surface area contributed by atoms with E-state index in [0.717, 1.165) is 18.6 Å². The van der Waals surface area contributed by atoms with E-state index in [1.165, 1.54) is 5.56 Å². The summed E-state index contributed by atoms with van der Waals surface area (Å²) in [5.41, 5.74) is 1.19. The van der Waals surface area contributed by atoms with Crippen molar-refractivity contribution in [1.82, 2.24) is 0 Å². The number of rotatable bonds is 0. The lowest BCUT2D eigenvalue weighted by molar-refractivity contribution is -0.203. The summed E-state index contributed by atoms with van der Waals surface area (Å²) < 4.78 is 0. The Hall–Kier alpha value is -1.02. The largest absolute Gasteiger partial charge is 0.337 e. The lowest BCUT2D eigenvalue weighted by Gasteiger charge is -2.01. The van der Waals surface area contributed by atoms with Gasteiger partial charge in [0.1, 0.15) is 0 Å². The Labute approximate surface area is 65.7 Å². The number of para-hydroxylation sites is 1. The molecule has 1 aromatic rings. The van der Waals surface area contributed by atoms with Gasteiger partial charge in [-0.1, -0.05) is 18.2 Å². The van der Waals surface area contributed by atoms with Gasteiger partial charge in [-0.3, -0.25) is 0 Å². The molecule has 0 bridgehead atoms. The van der Waals surface area contributed by atoms with Gasteiger partial charge >= 0.3 is 0 Å². The van der Waals surface area contributed by atoms with Gasteiger partial charge in [-0.15, -0.1) is 0 Å². The molecule has 1 heterocycles. The maximum Gasteiger partial charge on any atom is 0.176 e. The monoisotopic (exact) mass is 149 g/mol. The Bertz CT molecular complexity index is 220. The highest BCUT2D eigenvalue weighted by molar-refractivity contribution is 5.31. The molecule has 2 nitrogen and oxygen atoms in total. The molecule has 57 valence electrons. The van der Waals surface area contributed by atoms with Crippen molar-refractivity contribution in [1.29, 1.82) is 0 Å². The van der Waals surface area contributed by atoms with E-state index in [4.69, 9.17) is 9.78 Å². The minimum atomic E-state index is 0.669. The van der Waals surface area contributed by atoms with E-state index in [0.29, 0.717) is 6.61 Å². The fourth-order valence-electron chi connectivity index (χ4n) is 1.15. The van der Waals surface area contributed by atoms with Gasteiger partial charge in [-0.2, -0.15) is 4.89 Å². The third-order valence-electron chi connectivity index (χ3n) is 1.72. The molecule has 0 saturated heterocycles. The zero-order valence-electron chi connectivity index (χ0n) is 6.17. The Balaban J connectivity index is 2.33. The van der Waals surface area contributed by atoms with Gasteiger partial charge in [0, 0.05) is 6.07 Å². The first kappa shape index (κ1) is 6.68. The van der Waals surface area contributed by atoms with Crippen LogP contribution in [0.4, 0.5) is 0 Å². The Morgan fingerprint density at radius 1 is 1.45 bits per heavy atom. The summed E-state index contributed by atoms with van der Waals surface area (Å²) in [5, 5.41) is 0. The molecule has 0 amide bonds. The molecular formula is C9H9O2. The molecule has 0 aliphatic carbocycles. The van der Waals surface area contributed by atoms with Crippen LogP contribution in [0, 0.1) is 6.07 Å². The predicted octanol–water partition coefficient (Wildman–Crippen LogP) is 1.74. The Morgan fingerprint density at radius 2 is 2.45 bits per heavy atom. The second kappa shape index (κ2) is 2.93. The summed E-state index contributed by atoms with van der Waals surface area (Å²) in [6.07, 6.45) is 2.04. The van der Waals surface area contributed by atoms with Gasteiger partial charge in [0.15, 0.2) is 5.75 Å². The summed E-state index contributed by atoms with van der Waals surface area (Å²) in [4.78, 5) is 9.88. The van der Waals surface area contributed by atoms with Crippen LogP contribution in [0.3, 0.4) is 0 Å². The molecule has 1 radical (unpaired) electrons. The zero-order valence-corrected chi connectivity index (χ0v) is 6.17. The average Bonchev–Trinajstić information content (AvgIpc) is 2.28. The maximum atomic E-state index is 4.99.